The molecule has 118 valence electrons. The topological polar surface area (TPSA) is 30.7 Å². The lowest BCUT2D eigenvalue weighted by Gasteiger charge is -2.06. The Balaban J connectivity index is 1.62. The monoisotopic (exact) mass is 321 g/mol. The van der Waals surface area contributed by atoms with Gasteiger partial charge in [0.15, 0.2) is 0 Å². The summed E-state index contributed by atoms with van der Waals surface area (Å²) in [6.45, 7) is 0.576. The summed E-state index contributed by atoms with van der Waals surface area (Å²) in [5, 5.41) is 8.29. The Morgan fingerprint density at radius 2 is 1.67 bits per heavy atom. The van der Waals surface area contributed by atoms with E-state index in [4.69, 9.17) is 0 Å². The zero-order chi connectivity index (χ0) is 16.5. The van der Waals surface area contributed by atoms with E-state index in [1.807, 2.05) is 53.2 Å². The number of benzene rings is 3. The van der Waals surface area contributed by atoms with Crippen molar-refractivity contribution < 1.29 is 8.78 Å². The van der Waals surface area contributed by atoms with Gasteiger partial charge in [0, 0.05) is 11.6 Å². The van der Waals surface area contributed by atoms with Crippen LogP contribution in [0.5, 0.6) is 0 Å². The quantitative estimate of drug-likeness (QED) is 0.559. The fourth-order valence-corrected chi connectivity index (χ4v) is 2.72. The molecule has 0 saturated heterocycles. The van der Waals surface area contributed by atoms with Crippen LogP contribution in [-0.2, 0) is 6.54 Å². The first kappa shape index (κ1) is 14.5. The molecule has 1 aromatic heterocycles. The number of nitrogens with zero attached hydrogens (tertiary/aromatic N) is 3. The standard InChI is InChI=1S/C19H13F2N3/c20-15-9-10-16(17(21)11-15)14-7-5-13(6-8-14)12-24-19-4-2-1-3-18(19)22-23-24/h1-11H,12H2. The molecule has 0 spiro atoms. The number of aromatic nitrogens is 3. The van der Waals surface area contributed by atoms with Crippen molar-refractivity contribution in [3.8, 4) is 11.1 Å². The van der Waals surface area contributed by atoms with Gasteiger partial charge in [0.05, 0.1) is 12.1 Å². The molecule has 0 fully saturated rings. The molecule has 0 saturated carbocycles. The Kier molecular flexibility index (Phi) is 3.54. The third kappa shape index (κ3) is 2.65. The molecule has 3 aromatic carbocycles. The van der Waals surface area contributed by atoms with Gasteiger partial charge in [0.25, 0.3) is 0 Å². The van der Waals surface area contributed by atoms with E-state index in [0.717, 1.165) is 22.7 Å². The first-order chi connectivity index (χ1) is 11.7. The van der Waals surface area contributed by atoms with Gasteiger partial charge < -0.3 is 0 Å². The minimum Gasteiger partial charge on any atom is -0.240 e. The van der Waals surface area contributed by atoms with Crippen molar-refractivity contribution in [1.82, 2.24) is 15.0 Å². The lowest BCUT2D eigenvalue weighted by molar-refractivity contribution is 0.585. The molecule has 0 radical (unpaired) electrons. The van der Waals surface area contributed by atoms with Crippen LogP contribution in [0.3, 0.4) is 0 Å². The van der Waals surface area contributed by atoms with Crippen LogP contribution in [0, 0.1) is 11.6 Å². The maximum absolute atomic E-state index is 13.9. The summed E-state index contributed by atoms with van der Waals surface area (Å²) in [6, 6.07) is 18.8. The van der Waals surface area contributed by atoms with E-state index in [2.05, 4.69) is 10.3 Å². The lowest BCUT2D eigenvalue weighted by Crippen LogP contribution is -2.01. The Bertz CT molecular complexity index is 1010. The summed E-state index contributed by atoms with van der Waals surface area (Å²) in [5.41, 5.74) is 3.93. The molecule has 3 nitrogen and oxygen atoms in total. The molecular formula is C19H13F2N3. The van der Waals surface area contributed by atoms with Crippen LogP contribution in [-0.4, -0.2) is 15.0 Å². The van der Waals surface area contributed by atoms with E-state index >= 15 is 0 Å². The van der Waals surface area contributed by atoms with Gasteiger partial charge in [0.2, 0.25) is 0 Å². The van der Waals surface area contributed by atoms with Gasteiger partial charge in [-0.2, -0.15) is 0 Å². The van der Waals surface area contributed by atoms with Crippen molar-refractivity contribution in [3.63, 3.8) is 0 Å². The number of hydrogen-bond acceptors (Lipinski definition) is 2. The third-order valence-corrected chi connectivity index (χ3v) is 3.95. The van der Waals surface area contributed by atoms with Gasteiger partial charge in [0.1, 0.15) is 17.2 Å². The zero-order valence-electron chi connectivity index (χ0n) is 12.7. The largest absolute Gasteiger partial charge is 0.240 e. The van der Waals surface area contributed by atoms with E-state index in [0.29, 0.717) is 17.7 Å². The van der Waals surface area contributed by atoms with Crippen LogP contribution in [0.2, 0.25) is 0 Å². The van der Waals surface area contributed by atoms with Crippen LogP contribution in [0.25, 0.3) is 22.2 Å². The molecule has 0 aliphatic heterocycles. The lowest BCUT2D eigenvalue weighted by atomic mass is 10.0. The minimum absolute atomic E-state index is 0.383. The number of fused-ring (bicyclic) bond motifs is 1. The van der Waals surface area contributed by atoms with Crippen molar-refractivity contribution in [3.05, 3.63) is 83.9 Å². The molecule has 0 aliphatic carbocycles. The van der Waals surface area contributed by atoms with Crippen molar-refractivity contribution >= 4 is 11.0 Å². The highest BCUT2D eigenvalue weighted by molar-refractivity contribution is 5.74. The molecular weight excluding hydrogens is 308 g/mol. The molecule has 4 aromatic rings. The average molecular weight is 321 g/mol. The molecule has 5 heteroatoms. The molecule has 0 unspecified atom stereocenters. The number of rotatable bonds is 3. The first-order valence-corrected chi connectivity index (χ1v) is 7.53. The summed E-state index contributed by atoms with van der Waals surface area (Å²) in [7, 11) is 0. The normalized spacial score (nSPS) is 11.1. The van der Waals surface area contributed by atoms with Crippen LogP contribution >= 0.6 is 0 Å². The minimum atomic E-state index is -0.578. The van der Waals surface area contributed by atoms with E-state index in [1.54, 1.807) is 0 Å². The first-order valence-electron chi connectivity index (χ1n) is 7.53. The van der Waals surface area contributed by atoms with Crippen LogP contribution < -0.4 is 0 Å². The number of para-hydroxylation sites is 1. The highest BCUT2D eigenvalue weighted by Gasteiger charge is 2.08. The molecule has 0 N–H and O–H groups in total. The van der Waals surface area contributed by atoms with Crippen molar-refractivity contribution in [2.24, 2.45) is 0 Å². The second-order valence-corrected chi connectivity index (χ2v) is 5.56. The molecule has 0 bridgehead atoms. The smallest absolute Gasteiger partial charge is 0.133 e. The van der Waals surface area contributed by atoms with Gasteiger partial charge in [-0.1, -0.05) is 41.6 Å². The maximum atomic E-state index is 13.9. The van der Waals surface area contributed by atoms with Gasteiger partial charge >= 0.3 is 0 Å². The summed E-state index contributed by atoms with van der Waals surface area (Å²) in [4.78, 5) is 0. The molecule has 0 atom stereocenters. The van der Waals surface area contributed by atoms with Gasteiger partial charge in [-0.3, -0.25) is 0 Å². The highest BCUT2D eigenvalue weighted by atomic mass is 19.1. The SMILES string of the molecule is Fc1ccc(-c2ccc(Cn3nnc4ccccc43)cc2)c(F)c1. The van der Waals surface area contributed by atoms with E-state index < -0.39 is 11.6 Å². The second kappa shape index (κ2) is 5.85. The van der Waals surface area contributed by atoms with E-state index in [9.17, 15) is 8.78 Å². The fraction of sp³-hybridized carbons (Fsp3) is 0.0526. The van der Waals surface area contributed by atoms with Crippen molar-refractivity contribution in [2.45, 2.75) is 6.54 Å². The Hall–Kier alpha value is -3.08. The number of halogens is 2. The van der Waals surface area contributed by atoms with Gasteiger partial charge in [-0.25, -0.2) is 13.5 Å². The third-order valence-electron chi connectivity index (χ3n) is 3.95. The maximum Gasteiger partial charge on any atom is 0.133 e. The zero-order valence-corrected chi connectivity index (χ0v) is 12.7. The van der Waals surface area contributed by atoms with E-state index in [1.165, 1.54) is 12.1 Å². The summed E-state index contributed by atoms with van der Waals surface area (Å²) in [5.74, 6) is -1.14. The van der Waals surface area contributed by atoms with Crippen LogP contribution in [0.15, 0.2) is 66.7 Å². The molecule has 24 heavy (non-hydrogen) atoms. The van der Waals surface area contributed by atoms with Gasteiger partial charge in [-0.15, -0.1) is 5.10 Å². The second-order valence-electron chi connectivity index (χ2n) is 5.56. The molecule has 4 rings (SSSR count). The van der Waals surface area contributed by atoms with Crippen molar-refractivity contribution in [2.75, 3.05) is 0 Å². The van der Waals surface area contributed by atoms with Crippen LogP contribution in [0.1, 0.15) is 5.56 Å². The number of hydrogen-bond donors (Lipinski definition) is 0. The fourth-order valence-electron chi connectivity index (χ4n) is 2.72. The summed E-state index contributed by atoms with van der Waals surface area (Å²) in [6.07, 6.45) is 0. The predicted molar refractivity (Wildman–Crippen MR) is 88.4 cm³/mol. The Labute approximate surface area is 137 Å². The Morgan fingerprint density at radius 3 is 2.46 bits per heavy atom. The van der Waals surface area contributed by atoms with E-state index in [-0.39, 0.29) is 0 Å². The Morgan fingerprint density at radius 1 is 0.875 bits per heavy atom. The average Bonchev–Trinajstić information content (AvgIpc) is 2.99. The molecule has 0 amide bonds. The molecule has 0 aliphatic rings. The van der Waals surface area contributed by atoms with Gasteiger partial charge in [-0.05, 0) is 35.4 Å². The highest BCUT2D eigenvalue weighted by Crippen LogP contribution is 2.24. The molecule has 1 heterocycles. The van der Waals surface area contributed by atoms with Crippen LogP contribution in [0.4, 0.5) is 8.78 Å². The predicted octanol–water partition coefficient (Wildman–Crippen LogP) is 4.42. The summed E-state index contributed by atoms with van der Waals surface area (Å²) < 4.78 is 28.7. The summed E-state index contributed by atoms with van der Waals surface area (Å²) >= 11 is 0. The van der Waals surface area contributed by atoms with Crippen molar-refractivity contribution in [1.29, 1.82) is 0 Å².